The highest BCUT2D eigenvalue weighted by Gasteiger charge is 2.17. The van der Waals surface area contributed by atoms with Gasteiger partial charge in [-0.2, -0.15) is 0 Å². The van der Waals surface area contributed by atoms with Crippen LogP contribution in [0.2, 0.25) is 0 Å². The summed E-state index contributed by atoms with van der Waals surface area (Å²) in [5.74, 6) is 1.41. The van der Waals surface area contributed by atoms with E-state index in [0.717, 1.165) is 0 Å². The van der Waals surface area contributed by atoms with E-state index in [0.29, 0.717) is 11.8 Å². The lowest BCUT2D eigenvalue weighted by molar-refractivity contribution is 0.858. The topological polar surface area (TPSA) is 0 Å². The minimum absolute atomic E-state index is 0.281. The van der Waals surface area contributed by atoms with Crippen LogP contribution in [0.5, 0.6) is 0 Å². The zero-order chi connectivity index (χ0) is 17.8. The molecular weight excluding hydrogens is 300 g/mol. The molecule has 0 unspecified atom stereocenters. The molecule has 0 atom stereocenters. The lowest BCUT2D eigenvalue weighted by atomic mass is 9.83. The fraction of sp³-hybridized carbons (Fsp3) is 0.280. The first-order valence-corrected chi connectivity index (χ1v) is 9.31. The summed E-state index contributed by atoms with van der Waals surface area (Å²) in [6.07, 6.45) is 0. The van der Waals surface area contributed by atoms with Crippen LogP contribution in [0, 0.1) is 0 Å². The number of benzene rings is 3. The van der Waals surface area contributed by atoms with E-state index in [1.807, 2.05) is 0 Å². The molecule has 3 rings (SSSR count). The average molecular weight is 328 g/mol. The average Bonchev–Trinajstić information content (AvgIpc) is 2.64. The molecule has 0 aliphatic carbocycles. The standard InChI is InChI=1S/C25H28/c1-18(2)20-10-14-23(15-11-20)25(22-8-6-5-7-9-22)24-16-12-21(13-17-24)19(3)4/h5-19,25H,1-4H3. The fourth-order valence-electron chi connectivity index (χ4n) is 3.37. The predicted octanol–water partition coefficient (Wildman–Crippen LogP) is 7.11. The molecule has 0 aliphatic heterocycles. The quantitative estimate of drug-likeness (QED) is 0.438. The molecule has 0 spiro atoms. The van der Waals surface area contributed by atoms with Crippen LogP contribution in [0.15, 0.2) is 78.9 Å². The molecule has 0 saturated heterocycles. The van der Waals surface area contributed by atoms with Gasteiger partial charge in [-0.1, -0.05) is 107 Å². The highest BCUT2D eigenvalue weighted by molar-refractivity contribution is 5.44. The molecule has 0 fully saturated rings. The molecule has 0 N–H and O–H groups in total. The van der Waals surface area contributed by atoms with E-state index >= 15 is 0 Å². The fourth-order valence-corrected chi connectivity index (χ4v) is 3.37. The van der Waals surface area contributed by atoms with E-state index in [-0.39, 0.29) is 5.92 Å². The highest BCUT2D eigenvalue weighted by Crippen LogP contribution is 2.33. The lowest BCUT2D eigenvalue weighted by Crippen LogP contribution is -2.04. The van der Waals surface area contributed by atoms with Gasteiger partial charge >= 0.3 is 0 Å². The monoisotopic (exact) mass is 328 g/mol. The minimum atomic E-state index is 0.281. The predicted molar refractivity (Wildman–Crippen MR) is 108 cm³/mol. The van der Waals surface area contributed by atoms with Crippen LogP contribution in [0.1, 0.15) is 73.3 Å². The number of hydrogen-bond acceptors (Lipinski definition) is 0. The lowest BCUT2D eigenvalue weighted by Gasteiger charge is -2.20. The third-order valence-electron chi connectivity index (χ3n) is 5.01. The van der Waals surface area contributed by atoms with Crippen molar-refractivity contribution in [1.29, 1.82) is 0 Å². The Balaban J connectivity index is 2.04. The van der Waals surface area contributed by atoms with Gasteiger partial charge in [0.2, 0.25) is 0 Å². The molecule has 3 aromatic carbocycles. The third kappa shape index (κ3) is 4.02. The van der Waals surface area contributed by atoms with Gasteiger partial charge in [0.05, 0.1) is 0 Å². The van der Waals surface area contributed by atoms with E-state index in [2.05, 4.69) is 107 Å². The zero-order valence-corrected chi connectivity index (χ0v) is 15.7. The van der Waals surface area contributed by atoms with Crippen LogP contribution in [0.3, 0.4) is 0 Å². The molecule has 3 aromatic rings. The summed E-state index contributed by atoms with van der Waals surface area (Å²) < 4.78 is 0. The summed E-state index contributed by atoms with van der Waals surface area (Å²) >= 11 is 0. The maximum Gasteiger partial charge on any atom is 0.0339 e. The highest BCUT2D eigenvalue weighted by atomic mass is 14.2. The Labute approximate surface area is 152 Å². The van der Waals surface area contributed by atoms with Gasteiger partial charge in [0, 0.05) is 5.92 Å². The second-order valence-electron chi connectivity index (χ2n) is 7.49. The van der Waals surface area contributed by atoms with Gasteiger partial charge in [-0.25, -0.2) is 0 Å². The SMILES string of the molecule is CC(C)c1ccc(C(c2ccccc2)c2ccc(C(C)C)cc2)cc1. The van der Waals surface area contributed by atoms with E-state index in [1.54, 1.807) is 0 Å². The van der Waals surface area contributed by atoms with Crippen LogP contribution < -0.4 is 0 Å². The van der Waals surface area contributed by atoms with Crippen molar-refractivity contribution >= 4 is 0 Å². The van der Waals surface area contributed by atoms with Crippen molar-refractivity contribution in [1.82, 2.24) is 0 Å². The van der Waals surface area contributed by atoms with Crippen molar-refractivity contribution in [3.05, 3.63) is 107 Å². The van der Waals surface area contributed by atoms with E-state index in [4.69, 9.17) is 0 Å². The Kier molecular flexibility index (Phi) is 5.38. The van der Waals surface area contributed by atoms with Gasteiger partial charge in [0.1, 0.15) is 0 Å². The summed E-state index contributed by atoms with van der Waals surface area (Å²) in [6.45, 7) is 8.98. The Morgan fingerprint density at radius 2 is 0.720 bits per heavy atom. The summed E-state index contributed by atoms with van der Waals surface area (Å²) in [6, 6.07) is 29.1. The van der Waals surface area contributed by atoms with Crippen LogP contribution in [0.4, 0.5) is 0 Å². The van der Waals surface area contributed by atoms with E-state index in [9.17, 15) is 0 Å². The second-order valence-corrected chi connectivity index (χ2v) is 7.49. The minimum Gasteiger partial charge on any atom is -0.0622 e. The van der Waals surface area contributed by atoms with Gasteiger partial charge in [-0.05, 0) is 39.7 Å². The molecule has 0 amide bonds. The molecule has 0 radical (unpaired) electrons. The maximum absolute atomic E-state index is 2.29. The molecule has 25 heavy (non-hydrogen) atoms. The van der Waals surface area contributed by atoms with Crippen molar-refractivity contribution in [2.24, 2.45) is 0 Å². The summed E-state index contributed by atoms with van der Waals surface area (Å²) in [5, 5.41) is 0. The molecule has 0 nitrogen and oxygen atoms in total. The molecule has 0 heteroatoms. The maximum atomic E-state index is 2.29. The molecule has 0 bridgehead atoms. The van der Waals surface area contributed by atoms with Crippen LogP contribution in [-0.2, 0) is 0 Å². The Morgan fingerprint density at radius 3 is 1.08 bits per heavy atom. The first-order valence-electron chi connectivity index (χ1n) is 9.31. The van der Waals surface area contributed by atoms with Crippen molar-refractivity contribution in [2.45, 2.75) is 45.4 Å². The van der Waals surface area contributed by atoms with Crippen LogP contribution in [-0.4, -0.2) is 0 Å². The Hall–Kier alpha value is -2.34. The van der Waals surface area contributed by atoms with E-state index < -0.39 is 0 Å². The van der Waals surface area contributed by atoms with Gasteiger partial charge in [-0.15, -0.1) is 0 Å². The van der Waals surface area contributed by atoms with Gasteiger partial charge in [-0.3, -0.25) is 0 Å². The molecule has 0 heterocycles. The van der Waals surface area contributed by atoms with Gasteiger partial charge < -0.3 is 0 Å². The van der Waals surface area contributed by atoms with Crippen molar-refractivity contribution in [3.63, 3.8) is 0 Å². The molecule has 128 valence electrons. The Morgan fingerprint density at radius 1 is 0.400 bits per heavy atom. The molecule has 0 aromatic heterocycles. The first kappa shape index (κ1) is 17.5. The number of hydrogen-bond donors (Lipinski definition) is 0. The second kappa shape index (κ2) is 7.70. The number of rotatable bonds is 5. The first-order chi connectivity index (χ1) is 12.1. The van der Waals surface area contributed by atoms with Crippen molar-refractivity contribution in [3.8, 4) is 0 Å². The summed E-state index contributed by atoms with van der Waals surface area (Å²) in [7, 11) is 0. The van der Waals surface area contributed by atoms with Crippen molar-refractivity contribution < 1.29 is 0 Å². The summed E-state index contributed by atoms with van der Waals surface area (Å²) in [4.78, 5) is 0. The zero-order valence-electron chi connectivity index (χ0n) is 15.7. The normalized spacial score (nSPS) is 11.5. The van der Waals surface area contributed by atoms with E-state index in [1.165, 1.54) is 27.8 Å². The van der Waals surface area contributed by atoms with Gasteiger partial charge in [0.15, 0.2) is 0 Å². The van der Waals surface area contributed by atoms with Crippen molar-refractivity contribution in [2.75, 3.05) is 0 Å². The van der Waals surface area contributed by atoms with Crippen LogP contribution >= 0.6 is 0 Å². The summed E-state index contributed by atoms with van der Waals surface area (Å²) in [5.41, 5.74) is 6.84. The third-order valence-corrected chi connectivity index (χ3v) is 5.01. The molecule has 0 saturated carbocycles. The molecule has 0 aliphatic rings. The Bertz CT molecular complexity index is 726. The molecular formula is C25H28. The van der Waals surface area contributed by atoms with Gasteiger partial charge in [0.25, 0.3) is 0 Å². The largest absolute Gasteiger partial charge is 0.0622 e. The van der Waals surface area contributed by atoms with Crippen LogP contribution in [0.25, 0.3) is 0 Å². The smallest absolute Gasteiger partial charge is 0.0339 e.